The molecule has 1 atom stereocenters. The SMILES string of the molecule is Cc1ccc(/C=N/[S@+]([O-])C(C)(C)C)cc1I. The van der Waals surface area contributed by atoms with E-state index < -0.39 is 11.4 Å². The fraction of sp³-hybridized carbons (Fsp3) is 0.417. The van der Waals surface area contributed by atoms with Crippen molar-refractivity contribution in [1.29, 1.82) is 0 Å². The van der Waals surface area contributed by atoms with Crippen LogP contribution in [0.15, 0.2) is 22.6 Å². The van der Waals surface area contributed by atoms with E-state index in [2.05, 4.69) is 33.9 Å². The third-order valence-corrected chi connectivity index (χ3v) is 4.52. The zero-order chi connectivity index (χ0) is 12.3. The summed E-state index contributed by atoms with van der Waals surface area (Å²) in [7, 11) is 0. The lowest BCUT2D eigenvalue weighted by Gasteiger charge is -2.17. The Morgan fingerprint density at radius 2 is 2.00 bits per heavy atom. The smallest absolute Gasteiger partial charge is 0.144 e. The number of hydrogen-bond donors (Lipinski definition) is 0. The van der Waals surface area contributed by atoms with Crippen LogP contribution in [0.4, 0.5) is 0 Å². The maximum Gasteiger partial charge on any atom is 0.144 e. The molecule has 0 saturated heterocycles. The zero-order valence-electron chi connectivity index (χ0n) is 9.95. The van der Waals surface area contributed by atoms with Gasteiger partial charge in [0.1, 0.15) is 16.1 Å². The molecule has 0 aliphatic heterocycles. The molecular formula is C12H16INOS. The summed E-state index contributed by atoms with van der Waals surface area (Å²) in [4.78, 5) is 0. The number of benzene rings is 1. The first kappa shape index (κ1) is 14.0. The number of halogens is 1. The van der Waals surface area contributed by atoms with Crippen molar-refractivity contribution in [1.82, 2.24) is 0 Å². The average molecular weight is 349 g/mol. The molecular weight excluding hydrogens is 333 g/mol. The summed E-state index contributed by atoms with van der Waals surface area (Å²) in [5.74, 6) is 0. The molecule has 0 aromatic heterocycles. The van der Waals surface area contributed by atoms with E-state index in [1.54, 1.807) is 6.21 Å². The Morgan fingerprint density at radius 3 is 2.50 bits per heavy atom. The van der Waals surface area contributed by atoms with Crippen LogP contribution in [0, 0.1) is 10.5 Å². The fourth-order valence-corrected chi connectivity index (χ4v) is 2.03. The predicted octanol–water partition coefficient (Wildman–Crippen LogP) is 3.48. The topological polar surface area (TPSA) is 35.4 Å². The van der Waals surface area contributed by atoms with Crippen LogP contribution in [-0.2, 0) is 11.4 Å². The second-order valence-corrected chi connectivity index (χ2v) is 7.70. The summed E-state index contributed by atoms with van der Waals surface area (Å²) >= 11 is 1.10. The minimum atomic E-state index is -1.18. The second-order valence-electron chi connectivity index (χ2n) is 4.60. The Kier molecular flexibility index (Phi) is 4.82. The van der Waals surface area contributed by atoms with E-state index in [4.69, 9.17) is 0 Å². The van der Waals surface area contributed by atoms with Gasteiger partial charge in [0.25, 0.3) is 0 Å². The maximum atomic E-state index is 11.7. The highest BCUT2D eigenvalue weighted by atomic mass is 127. The van der Waals surface area contributed by atoms with E-state index >= 15 is 0 Å². The highest BCUT2D eigenvalue weighted by Crippen LogP contribution is 2.17. The van der Waals surface area contributed by atoms with Crippen molar-refractivity contribution in [2.45, 2.75) is 32.4 Å². The largest absolute Gasteiger partial charge is 0.591 e. The minimum absolute atomic E-state index is 0.297. The maximum absolute atomic E-state index is 11.7. The molecule has 16 heavy (non-hydrogen) atoms. The predicted molar refractivity (Wildman–Crippen MR) is 79.4 cm³/mol. The lowest BCUT2D eigenvalue weighted by atomic mass is 10.2. The van der Waals surface area contributed by atoms with Crippen LogP contribution in [0.3, 0.4) is 0 Å². The first-order valence-electron chi connectivity index (χ1n) is 5.03. The highest BCUT2D eigenvalue weighted by molar-refractivity contribution is 14.1. The van der Waals surface area contributed by atoms with Gasteiger partial charge in [-0.3, -0.25) is 0 Å². The van der Waals surface area contributed by atoms with Gasteiger partial charge in [0.15, 0.2) is 0 Å². The van der Waals surface area contributed by atoms with Gasteiger partial charge in [-0.25, -0.2) is 0 Å². The number of hydrogen-bond acceptors (Lipinski definition) is 2. The van der Waals surface area contributed by atoms with Crippen LogP contribution in [0.2, 0.25) is 0 Å². The van der Waals surface area contributed by atoms with Gasteiger partial charge in [-0.1, -0.05) is 16.5 Å². The first-order chi connectivity index (χ1) is 7.30. The van der Waals surface area contributed by atoms with Crippen LogP contribution in [0.1, 0.15) is 31.9 Å². The summed E-state index contributed by atoms with van der Waals surface area (Å²) in [6.07, 6.45) is 1.68. The molecule has 4 heteroatoms. The normalized spacial score (nSPS) is 14.4. The van der Waals surface area contributed by atoms with Gasteiger partial charge in [-0.05, 0) is 67.5 Å². The molecule has 1 aromatic rings. The Labute approximate surface area is 114 Å². The van der Waals surface area contributed by atoms with Crippen molar-refractivity contribution in [2.24, 2.45) is 4.40 Å². The lowest BCUT2D eigenvalue weighted by molar-refractivity contribution is 0.562. The molecule has 0 unspecified atom stereocenters. The number of nitrogens with zero attached hydrogens (tertiary/aromatic N) is 1. The molecule has 0 aliphatic carbocycles. The van der Waals surface area contributed by atoms with Crippen molar-refractivity contribution in [3.63, 3.8) is 0 Å². The molecule has 0 N–H and O–H groups in total. The molecule has 0 fully saturated rings. The molecule has 1 aromatic carbocycles. The molecule has 0 heterocycles. The van der Waals surface area contributed by atoms with Gasteiger partial charge in [-0.2, -0.15) is 0 Å². The van der Waals surface area contributed by atoms with Crippen molar-refractivity contribution in [2.75, 3.05) is 0 Å². The van der Waals surface area contributed by atoms with Gasteiger partial charge in [0.05, 0.1) is 6.21 Å². The molecule has 0 aliphatic rings. The highest BCUT2D eigenvalue weighted by Gasteiger charge is 2.25. The molecule has 88 valence electrons. The van der Waals surface area contributed by atoms with Crippen LogP contribution in [0.5, 0.6) is 0 Å². The van der Waals surface area contributed by atoms with E-state index in [0.717, 1.165) is 5.56 Å². The molecule has 1 rings (SSSR count). The monoisotopic (exact) mass is 349 g/mol. The van der Waals surface area contributed by atoms with Crippen LogP contribution in [-0.4, -0.2) is 15.5 Å². The minimum Gasteiger partial charge on any atom is -0.591 e. The van der Waals surface area contributed by atoms with Crippen LogP contribution in [0.25, 0.3) is 0 Å². The Balaban J connectivity index is 2.81. The third kappa shape index (κ3) is 4.07. The van der Waals surface area contributed by atoms with E-state index in [9.17, 15) is 4.55 Å². The van der Waals surface area contributed by atoms with Crippen molar-refractivity contribution in [3.05, 3.63) is 32.9 Å². The Morgan fingerprint density at radius 1 is 1.38 bits per heavy atom. The third-order valence-electron chi connectivity index (χ3n) is 2.02. The van der Waals surface area contributed by atoms with Crippen molar-refractivity contribution < 1.29 is 4.55 Å². The Hall–Kier alpha value is -0.0700. The summed E-state index contributed by atoms with van der Waals surface area (Å²) in [5.41, 5.74) is 2.24. The van der Waals surface area contributed by atoms with E-state index in [-0.39, 0.29) is 4.75 Å². The van der Waals surface area contributed by atoms with E-state index in [1.807, 2.05) is 39.0 Å². The van der Waals surface area contributed by atoms with Crippen molar-refractivity contribution >= 4 is 40.2 Å². The summed E-state index contributed by atoms with van der Waals surface area (Å²) in [6.45, 7) is 7.81. The van der Waals surface area contributed by atoms with Crippen LogP contribution < -0.4 is 0 Å². The lowest BCUT2D eigenvalue weighted by Crippen LogP contribution is -2.25. The standard InChI is InChI=1S/C12H16INOS/c1-9-5-6-10(7-11(9)13)8-14-16(15)12(2,3)4/h5-8H,1-4H3/b14-8+/t16-/m1/s1. The second kappa shape index (κ2) is 5.51. The van der Waals surface area contributed by atoms with Gasteiger partial charge in [0, 0.05) is 3.57 Å². The quantitative estimate of drug-likeness (QED) is 0.457. The zero-order valence-corrected chi connectivity index (χ0v) is 12.9. The molecule has 0 saturated carbocycles. The summed E-state index contributed by atoms with van der Waals surface area (Å²) in [5, 5.41) is 0. The van der Waals surface area contributed by atoms with E-state index in [0.29, 0.717) is 0 Å². The summed E-state index contributed by atoms with van der Waals surface area (Å²) < 4.78 is 16.7. The van der Waals surface area contributed by atoms with E-state index in [1.165, 1.54) is 9.13 Å². The molecule has 0 bridgehead atoms. The first-order valence-corrected chi connectivity index (χ1v) is 7.21. The molecule has 0 radical (unpaired) electrons. The van der Waals surface area contributed by atoms with Gasteiger partial charge in [-0.15, -0.1) is 0 Å². The fourth-order valence-electron chi connectivity index (χ4n) is 0.956. The van der Waals surface area contributed by atoms with Crippen LogP contribution >= 0.6 is 22.6 Å². The number of rotatable bonds is 2. The molecule has 0 amide bonds. The summed E-state index contributed by atoms with van der Waals surface area (Å²) in [6, 6.07) is 6.07. The Bertz CT molecular complexity index is 398. The molecule has 2 nitrogen and oxygen atoms in total. The van der Waals surface area contributed by atoms with Crippen molar-refractivity contribution in [3.8, 4) is 0 Å². The van der Waals surface area contributed by atoms with Gasteiger partial charge < -0.3 is 4.55 Å². The molecule has 0 spiro atoms. The average Bonchev–Trinajstić information content (AvgIpc) is 2.18. The number of aryl methyl sites for hydroxylation is 1. The van der Waals surface area contributed by atoms with Gasteiger partial charge >= 0.3 is 0 Å². The van der Waals surface area contributed by atoms with Gasteiger partial charge in [0.2, 0.25) is 0 Å².